The fourth-order valence-electron chi connectivity index (χ4n) is 4.34. The van der Waals surface area contributed by atoms with Crippen LogP contribution in [-0.2, 0) is 4.79 Å². The molecule has 29 heavy (non-hydrogen) atoms. The molecule has 2 aromatic heterocycles. The molecule has 0 spiro atoms. The monoisotopic (exact) mass is 388 g/mol. The summed E-state index contributed by atoms with van der Waals surface area (Å²) in [6.45, 7) is 6.10. The van der Waals surface area contributed by atoms with Crippen molar-refractivity contribution in [2.24, 2.45) is 0 Å². The van der Waals surface area contributed by atoms with Gasteiger partial charge in [-0.2, -0.15) is 9.78 Å². The van der Waals surface area contributed by atoms with Gasteiger partial charge in [0.1, 0.15) is 5.82 Å². The van der Waals surface area contributed by atoms with E-state index in [4.69, 9.17) is 5.10 Å². The Hall–Kier alpha value is -3.22. The molecule has 7 heteroatoms. The number of carbonyl (C=O) groups is 1. The zero-order valence-electron chi connectivity index (χ0n) is 16.7. The Morgan fingerprint density at radius 1 is 0.966 bits per heavy atom. The first-order valence-electron chi connectivity index (χ1n) is 10.1. The largest absolute Gasteiger partial charge is 0.355 e. The van der Waals surface area contributed by atoms with Crippen molar-refractivity contribution in [3.8, 4) is 5.82 Å². The van der Waals surface area contributed by atoms with E-state index in [1.165, 1.54) is 18.4 Å². The first-order valence-corrected chi connectivity index (χ1v) is 10.1. The number of aromatic nitrogens is 4. The van der Waals surface area contributed by atoms with Gasteiger partial charge in [-0.15, -0.1) is 10.2 Å². The highest BCUT2D eigenvalue weighted by atomic mass is 16.1. The summed E-state index contributed by atoms with van der Waals surface area (Å²) in [6.07, 6.45) is 2.81. The molecule has 1 fully saturated rings. The van der Waals surface area contributed by atoms with Crippen molar-refractivity contribution in [3.63, 3.8) is 0 Å². The maximum atomic E-state index is 12.5. The number of amides is 1. The topological polar surface area (TPSA) is 75.9 Å². The van der Waals surface area contributed by atoms with Crippen molar-refractivity contribution >= 4 is 17.5 Å². The van der Waals surface area contributed by atoms with E-state index >= 15 is 0 Å². The van der Waals surface area contributed by atoms with Crippen molar-refractivity contribution in [1.29, 1.82) is 0 Å². The molecule has 1 aromatic carbocycles. The highest BCUT2D eigenvalue weighted by molar-refractivity contribution is 5.95. The van der Waals surface area contributed by atoms with Gasteiger partial charge in [0.05, 0.1) is 5.69 Å². The minimum absolute atomic E-state index is 0.00845. The molecule has 148 valence electrons. The number of aryl methyl sites for hydroxylation is 2. The Morgan fingerprint density at radius 2 is 1.66 bits per heavy atom. The molecule has 7 nitrogen and oxygen atoms in total. The van der Waals surface area contributed by atoms with Crippen LogP contribution in [0.25, 0.3) is 5.82 Å². The summed E-state index contributed by atoms with van der Waals surface area (Å²) in [4.78, 5) is 14.7. The van der Waals surface area contributed by atoms with Gasteiger partial charge in [-0.25, -0.2) is 0 Å². The van der Waals surface area contributed by atoms with E-state index in [1.54, 1.807) is 4.68 Å². The van der Waals surface area contributed by atoms with Crippen molar-refractivity contribution < 1.29 is 4.79 Å². The Bertz CT molecular complexity index is 1050. The van der Waals surface area contributed by atoms with Gasteiger partial charge >= 0.3 is 0 Å². The quantitative estimate of drug-likeness (QED) is 0.745. The summed E-state index contributed by atoms with van der Waals surface area (Å²) in [5, 5.41) is 16.5. The molecule has 3 aromatic rings. The first-order chi connectivity index (χ1) is 14.1. The van der Waals surface area contributed by atoms with E-state index in [-0.39, 0.29) is 11.8 Å². The molecule has 4 heterocycles. The van der Waals surface area contributed by atoms with Gasteiger partial charge in [0.15, 0.2) is 11.6 Å². The van der Waals surface area contributed by atoms with Crippen LogP contribution in [0.15, 0.2) is 36.4 Å². The third-order valence-electron chi connectivity index (χ3n) is 5.87. The SMILES string of the molecule is Cc1ccc([C@@H]2CC(=O)Nc3c2c(C)nn3-c2ccc(N3CCCC3)nn2)cc1. The van der Waals surface area contributed by atoms with E-state index < -0.39 is 0 Å². The minimum Gasteiger partial charge on any atom is -0.355 e. The van der Waals surface area contributed by atoms with Crippen LogP contribution in [0.2, 0.25) is 0 Å². The highest BCUT2D eigenvalue weighted by Crippen LogP contribution is 2.40. The van der Waals surface area contributed by atoms with Crippen LogP contribution in [0.4, 0.5) is 11.6 Å². The third-order valence-corrected chi connectivity index (χ3v) is 5.87. The van der Waals surface area contributed by atoms with E-state index in [1.807, 2.05) is 19.1 Å². The van der Waals surface area contributed by atoms with Crippen LogP contribution in [0.1, 0.15) is 47.6 Å². The summed E-state index contributed by atoms with van der Waals surface area (Å²) >= 11 is 0. The molecule has 0 aliphatic carbocycles. The molecular weight excluding hydrogens is 364 g/mol. The number of nitrogens with one attached hydrogen (secondary N) is 1. The Labute approximate surface area is 169 Å². The van der Waals surface area contributed by atoms with E-state index in [0.29, 0.717) is 18.1 Å². The molecule has 1 N–H and O–H groups in total. The van der Waals surface area contributed by atoms with E-state index in [2.05, 4.69) is 51.6 Å². The zero-order valence-corrected chi connectivity index (χ0v) is 16.7. The second-order valence-electron chi connectivity index (χ2n) is 7.92. The lowest BCUT2D eigenvalue weighted by Gasteiger charge is -2.24. The second-order valence-corrected chi connectivity index (χ2v) is 7.92. The van der Waals surface area contributed by atoms with Crippen LogP contribution in [-0.4, -0.2) is 39.0 Å². The number of benzene rings is 1. The molecule has 1 atom stereocenters. The Balaban J connectivity index is 1.54. The normalized spacial score (nSPS) is 18.6. The van der Waals surface area contributed by atoms with Gasteiger partial charge in [-0.3, -0.25) is 4.79 Å². The molecule has 0 radical (unpaired) electrons. The van der Waals surface area contributed by atoms with Crippen molar-refractivity contribution in [2.45, 2.75) is 39.0 Å². The number of hydrogen-bond acceptors (Lipinski definition) is 5. The predicted molar refractivity (Wildman–Crippen MR) is 112 cm³/mol. The standard InChI is InChI=1S/C22H24N6O/c1-14-5-7-16(8-6-14)17-13-20(29)23-22-21(17)15(2)26-28(22)19-10-9-18(24-25-19)27-11-3-4-12-27/h5-10,17H,3-4,11-13H2,1-2H3,(H,23,29)/t17-/m0/s1. The van der Waals surface area contributed by atoms with Gasteiger partial charge in [0.2, 0.25) is 5.91 Å². The van der Waals surface area contributed by atoms with Crippen molar-refractivity contribution in [2.75, 3.05) is 23.3 Å². The van der Waals surface area contributed by atoms with Crippen LogP contribution in [0.5, 0.6) is 0 Å². The average molecular weight is 388 g/mol. The maximum Gasteiger partial charge on any atom is 0.226 e. The van der Waals surface area contributed by atoms with Crippen LogP contribution in [0, 0.1) is 13.8 Å². The zero-order chi connectivity index (χ0) is 20.0. The molecule has 2 aliphatic heterocycles. The van der Waals surface area contributed by atoms with Crippen LogP contribution in [0.3, 0.4) is 0 Å². The molecule has 2 aliphatic rings. The van der Waals surface area contributed by atoms with Crippen LogP contribution < -0.4 is 10.2 Å². The number of fused-ring (bicyclic) bond motifs is 1. The molecule has 0 saturated carbocycles. The number of hydrogen-bond donors (Lipinski definition) is 1. The van der Waals surface area contributed by atoms with Gasteiger partial charge in [-0.05, 0) is 44.4 Å². The number of rotatable bonds is 3. The lowest BCUT2D eigenvalue weighted by atomic mass is 9.85. The number of nitrogens with zero attached hydrogens (tertiary/aromatic N) is 5. The van der Waals surface area contributed by atoms with E-state index in [9.17, 15) is 4.79 Å². The molecule has 0 bridgehead atoms. The van der Waals surface area contributed by atoms with E-state index in [0.717, 1.165) is 35.7 Å². The maximum absolute atomic E-state index is 12.5. The second kappa shape index (κ2) is 6.99. The summed E-state index contributed by atoms with van der Waals surface area (Å²) in [7, 11) is 0. The van der Waals surface area contributed by atoms with Crippen LogP contribution >= 0.6 is 0 Å². The first kappa shape index (κ1) is 17.8. The molecule has 0 unspecified atom stereocenters. The summed E-state index contributed by atoms with van der Waals surface area (Å²) in [6, 6.07) is 12.3. The predicted octanol–water partition coefficient (Wildman–Crippen LogP) is 3.35. The lowest BCUT2D eigenvalue weighted by molar-refractivity contribution is -0.116. The summed E-state index contributed by atoms with van der Waals surface area (Å²) in [5.41, 5.74) is 4.29. The molecule has 1 amide bonds. The Morgan fingerprint density at radius 3 is 2.34 bits per heavy atom. The van der Waals surface area contributed by atoms with Crippen molar-refractivity contribution in [3.05, 3.63) is 58.8 Å². The van der Waals surface area contributed by atoms with Gasteiger partial charge in [0, 0.05) is 31.0 Å². The molecule has 5 rings (SSSR count). The van der Waals surface area contributed by atoms with Crippen molar-refractivity contribution in [1.82, 2.24) is 20.0 Å². The van der Waals surface area contributed by atoms with Gasteiger partial charge < -0.3 is 10.2 Å². The summed E-state index contributed by atoms with van der Waals surface area (Å²) in [5.74, 6) is 2.19. The molecular formula is C22H24N6O. The highest BCUT2D eigenvalue weighted by Gasteiger charge is 2.33. The smallest absolute Gasteiger partial charge is 0.226 e. The van der Waals surface area contributed by atoms with Gasteiger partial charge in [-0.1, -0.05) is 29.8 Å². The molecule has 1 saturated heterocycles. The minimum atomic E-state index is -0.00932. The van der Waals surface area contributed by atoms with Gasteiger partial charge in [0.25, 0.3) is 0 Å². The summed E-state index contributed by atoms with van der Waals surface area (Å²) < 4.78 is 1.71. The lowest BCUT2D eigenvalue weighted by Crippen LogP contribution is -2.25. The number of carbonyl (C=O) groups excluding carboxylic acids is 1. The fourth-order valence-corrected chi connectivity index (χ4v) is 4.34. The third kappa shape index (κ3) is 3.16. The fraction of sp³-hybridized carbons (Fsp3) is 0.364. The Kier molecular flexibility index (Phi) is 4.30. The average Bonchev–Trinajstić information content (AvgIpc) is 3.37. The number of anilines is 2.